The molecule has 4 heteroatoms. The predicted molar refractivity (Wildman–Crippen MR) is 7.97 cm³/mol. The molecule has 0 N–H and O–H groups in total. The van der Waals surface area contributed by atoms with Gasteiger partial charge in [-0.25, -0.2) is 0 Å². The standard InChI is InChI=1S/B.2FH.Ni/h;2*1H;/q;;;+2/p-2. The van der Waals surface area contributed by atoms with Gasteiger partial charge in [0.2, 0.25) is 0 Å². The summed E-state index contributed by atoms with van der Waals surface area (Å²) in [6, 6.07) is 0. The van der Waals surface area contributed by atoms with Gasteiger partial charge in [-0.2, -0.15) is 0 Å². The molecule has 0 aliphatic carbocycles. The van der Waals surface area contributed by atoms with Gasteiger partial charge in [0, 0.05) is 8.41 Å². The molecule has 4 heavy (non-hydrogen) atoms. The van der Waals surface area contributed by atoms with Gasteiger partial charge >= 0.3 is 22.5 Å². The minimum atomic E-state index is -1.38. The summed E-state index contributed by atoms with van der Waals surface area (Å²) in [5, 5.41) is 0. The molecule has 0 rings (SSSR count). The predicted octanol–water partition coefficient (Wildman–Crippen LogP) is 0.457. The van der Waals surface area contributed by atoms with Crippen LogP contribution in [0.1, 0.15) is 0 Å². The van der Waals surface area contributed by atoms with E-state index in [-0.39, 0.29) is 8.41 Å². The summed E-state index contributed by atoms with van der Waals surface area (Å²) < 4.78 is 19.1. The van der Waals surface area contributed by atoms with Crippen molar-refractivity contribution in [2.24, 2.45) is 0 Å². The first-order valence-corrected chi connectivity index (χ1v) is 0.986. The molecule has 3 radical (unpaired) electrons. The van der Waals surface area contributed by atoms with Gasteiger partial charge in [0.05, 0.1) is 0 Å². The molecule has 0 spiro atoms. The van der Waals surface area contributed by atoms with E-state index in [0.717, 1.165) is 0 Å². The molecule has 0 fully saturated rings. The van der Waals surface area contributed by atoms with Crippen LogP contribution in [0.4, 0.5) is 7.21 Å². The molecule has 0 saturated carbocycles. The molecule has 0 aliphatic heterocycles. The second-order valence-corrected chi connectivity index (χ2v) is 0.186. The molecule has 0 aromatic rings. The van der Waals surface area contributed by atoms with Crippen LogP contribution in [0.25, 0.3) is 0 Å². The molecule has 0 bridgehead atoms. The summed E-state index contributed by atoms with van der Waals surface area (Å²) in [6.45, 7) is 0. The van der Waals surface area contributed by atoms with E-state index in [1.807, 2.05) is 0 Å². The van der Waals surface area contributed by atoms with Crippen molar-refractivity contribution in [2.45, 2.75) is 0 Å². The number of rotatable bonds is 0. The van der Waals surface area contributed by atoms with Crippen LogP contribution in [0.3, 0.4) is 0 Å². The first-order valence-electron chi connectivity index (χ1n) is 0.239. The van der Waals surface area contributed by atoms with Crippen LogP contribution in [-0.4, -0.2) is 8.41 Å². The summed E-state index contributed by atoms with van der Waals surface area (Å²) >= 11 is -1.38. The third kappa shape index (κ3) is 27.8. The van der Waals surface area contributed by atoms with E-state index in [2.05, 4.69) is 0 Å². The normalized spacial score (nSPS) is 5.50. The molecule has 0 unspecified atom stereocenters. The molecule has 27 valence electrons. The zero-order chi connectivity index (χ0) is 2.71. The zero-order valence-corrected chi connectivity index (χ0v) is 2.64. The quantitative estimate of drug-likeness (QED) is 0.395. The van der Waals surface area contributed by atoms with Crippen molar-refractivity contribution in [2.75, 3.05) is 0 Å². The molecule has 0 saturated heterocycles. The summed E-state index contributed by atoms with van der Waals surface area (Å²) in [5.41, 5.74) is 0. The summed E-state index contributed by atoms with van der Waals surface area (Å²) in [7, 11) is 0. The molecule has 0 atom stereocenters. The average Bonchev–Trinajstić information content (AvgIpc) is 0.918. The van der Waals surface area contributed by atoms with E-state index < -0.39 is 15.3 Å². The van der Waals surface area contributed by atoms with Crippen molar-refractivity contribution in [3.8, 4) is 0 Å². The summed E-state index contributed by atoms with van der Waals surface area (Å²) in [4.78, 5) is 0. The van der Waals surface area contributed by atoms with Crippen LogP contribution in [0, 0.1) is 0 Å². The maximum absolute atomic E-state index is 9.56. The van der Waals surface area contributed by atoms with Gasteiger partial charge in [0.25, 0.3) is 0 Å². The molecular weight excluding hydrogens is 108 g/mol. The molecule has 0 aliphatic rings. The van der Waals surface area contributed by atoms with Gasteiger partial charge < -0.3 is 0 Å². The van der Waals surface area contributed by atoms with Gasteiger partial charge in [0.1, 0.15) is 0 Å². The molecule has 0 heterocycles. The Hall–Kier alpha value is 0.418. The molecule has 0 aromatic heterocycles. The zero-order valence-electron chi connectivity index (χ0n) is 1.65. The Morgan fingerprint density at radius 1 is 1.25 bits per heavy atom. The van der Waals surface area contributed by atoms with Gasteiger partial charge in [-0.05, 0) is 0 Å². The van der Waals surface area contributed by atoms with E-state index in [9.17, 15) is 7.21 Å². The van der Waals surface area contributed by atoms with Crippen LogP contribution in [-0.2, 0) is 15.3 Å². The topological polar surface area (TPSA) is 0 Å². The Labute approximate surface area is 31.8 Å². The third-order valence-electron chi connectivity index (χ3n) is 0. The first kappa shape index (κ1) is 8.83. The second-order valence-electron chi connectivity index (χ2n) is 0.0452. The molecular formula is BF2Ni. The van der Waals surface area contributed by atoms with Crippen LogP contribution >= 0.6 is 0 Å². The van der Waals surface area contributed by atoms with E-state index in [4.69, 9.17) is 0 Å². The van der Waals surface area contributed by atoms with Gasteiger partial charge in [-0.3, -0.25) is 0 Å². The van der Waals surface area contributed by atoms with Gasteiger partial charge in [0.15, 0.2) is 0 Å². The monoisotopic (exact) mass is 107 g/mol. The number of hydrogen-bond donors (Lipinski definition) is 0. The Balaban J connectivity index is 0. The van der Waals surface area contributed by atoms with Crippen molar-refractivity contribution < 1.29 is 22.5 Å². The second kappa shape index (κ2) is 9.94. The Bertz CT molecular complexity index is 6.00. The number of hydrogen-bond acceptors (Lipinski definition) is 0. The first-order chi connectivity index (χ1) is 1.41. The molecule has 0 amide bonds. The van der Waals surface area contributed by atoms with Crippen molar-refractivity contribution in [3.63, 3.8) is 0 Å². The van der Waals surface area contributed by atoms with E-state index in [1.54, 1.807) is 0 Å². The van der Waals surface area contributed by atoms with Crippen LogP contribution in [0.15, 0.2) is 0 Å². The average molecular weight is 108 g/mol. The van der Waals surface area contributed by atoms with Crippen LogP contribution < -0.4 is 0 Å². The fourth-order valence-electron chi connectivity index (χ4n) is 0. The van der Waals surface area contributed by atoms with Crippen LogP contribution in [0.5, 0.6) is 0 Å². The third-order valence-corrected chi connectivity index (χ3v) is 0. The molecule has 0 nitrogen and oxygen atoms in total. The summed E-state index contributed by atoms with van der Waals surface area (Å²) in [5.74, 6) is 0. The summed E-state index contributed by atoms with van der Waals surface area (Å²) in [6.07, 6.45) is 0. The van der Waals surface area contributed by atoms with Crippen LogP contribution in [0.2, 0.25) is 0 Å². The van der Waals surface area contributed by atoms with E-state index in [1.165, 1.54) is 0 Å². The molecule has 0 aromatic carbocycles. The van der Waals surface area contributed by atoms with E-state index >= 15 is 0 Å². The van der Waals surface area contributed by atoms with Crippen molar-refractivity contribution in [1.82, 2.24) is 0 Å². The minimum absolute atomic E-state index is 0. The fourth-order valence-corrected chi connectivity index (χ4v) is 0. The maximum atomic E-state index is 9.56. The van der Waals surface area contributed by atoms with E-state index in [0.29, 0.717) is 0 Å². The Kier molecular flexibility index (Phi) is 21.9. The van der Waals surface area contributed by atoms with Crippen molar-refractivity contribution in [1.29, 1.82) is 0 Å². The SMILES string of the molecule is [B].[F][Ni][F]. The van der Waals surface area contributed by atoms with Gasteiger partial charge in [-0.15, -0.1) is 0 Å². The van der Waals surface area contributed by atoms with Crippen molar-refractivity contribution >= 4 is 8.41 Å². The Morgan fingerprint density at radius 3 is 1.25 bits per heavy atom. The Morgan fingerprint density at radius 2 is 1.25 bits per heavy atom. The van der Waals surface area contributed by atoms with Gasteiger partial charge in [-0.1, -0.05) is 0 Å². The number of halogens is 2. The van der Waals surface area contributed by atoms with Crippen molar-refractivity contribution in [3.05, 3.63) is 0 Å². The fraction of sp³-hybridized carbons (Fsp3) is 0.